The van der Waals surface area contributed by atoms with E-state index in [9.17, 15) is 24.6 Å². The summed E-state index contributed by atoms with van der Waals surface area (Å²) in [7, 11) is 1.59. The highest BCUT2D eigenvalue weighted by Gasteiger charge is 2.74. The number of aliphatic carboxylic acids is 1. The SMILES string of the molecule is COc1ccc(C#Cc2ccc3c(c2)C2(C(=O)N3)C(C(=O)O)C3C(=O)OC(c4ccccc4)C(c4ccccc4)N3C2c2ccc(O)cc2)cc1. The molecule has 3 heterocycles. The third kappa shape index (κ3) is 5.11. The normalized spacial score (nSPS) is 24.8. The van der Waals surface area contributed by atoms with Gasteiger partial charge in [0.1, 0.15) is 35.0 Å². The number of esters is 1. The van der Waals surface area contributed by atoms with E-state index in [1.165, 1.54) is 12.1 Å². The molecule has 5 aromatic rings. The average Bonchev–Trinajstić information content (AvgIpc) is 3.64. The van der Waals surface area contributed by atoms with E-state index in [-0.39, 0.29) is 5.75 Å². The number of carboxylic acid groups (broad SMARTS) is 1. The lowest BCUT2D eigenvalue weighted by atomic mass is 9.65. The number of rotatable bonds is 5. The van der Waals surface area contributed by atoms with Gasteiger partial charge in [-0.05, 0) is 76.9 Å². The number of carboxylic acids is 1. The Hall–Kier alpha value is -6.37. The lowest BCUT2D eigenvalue weighted by molar-refractivity contribution is -0.179. The Balaban J connectivity index is 1.38. The molecule has 0 bridgehead atoms. The van der Waals surface area contributed by atoms with Crippen molar-refractivity contribution in [1.82, 2.24) is 4.90 Å². The van der Waals surface area contributed by atoms with Crippen molar-refractivity contribution in [2.75, 3.05) is 12.4 Å². The standard InChI is InChI=1S/C42H32N2O7/c1-50-31-21-14-25(15-22-31)12-13-26-16-23-33-32(24-26)42(41(49)43-33)34(39(46)47)36-40(48)51-37(28-10-6-3-7-11-28)35(27-8-4-2-5-9-27)44(36)38(42)29-17-19-30(45)20-18-29/h2-11,14-24,34-38,45H,1H3,(H,43,49)(H,46,47). The van der Waals surface area contributed by atoms with Crippen molar-refractivity contribution >= 4 is 23.5 Å². The predicted molar refractivity (Wildman–Crippen MR) is 188 cm³/mol. The number of nitrogens with zero attached hydrogens (tertiary/aromatic N) is 1. The third-order valence-electron chi connectivity index (χ3n) is 10.2. The van der Waals surface area contributed by atoms with Crippen molar-refractivity contribution < 1.29 is 34.1 Å². The molecule has 9 heteroatoms. The van der Waals surface area contributed by atoms with E-state index in [4.69, 9.17) is 9.47 Å². The summed E-state index contributed by atoms with van der Waals surface area (Å²) >= 11 is 0. The minimum Gasteiger partial charge on any atom is -0.508 e. The molecule has 8 rings (SSSR count). The smallest absolute Gasteiger partial charge is 0.325 e. The number of benzene rings is 5. The molecule has 51 heavy (non-hydrogen) atoms. The van der Waals surface area contributed by atoms with Crippen molar-refractivity contribution in [2.24, 2.45) is 5.92 Å². The molecular weight excluding hydrogens is 644 g/mol. The molecule has 9 nitrogen and oxygen atoms in total. The van der Waals surface area contributed by atoms with Crippen LogP contribution in [0.5, 0.6) is 11.5 Å². The number of cyclic esters (lactones) is 1. The fourth-order valence-corrected chi connectivity index (χ4v) is 8.13. The maximum absolute atomic E-state index is 14.8. The van der Waals surface area contributed by atoms with Crippen LogP contribution < -0.4 is 10.1 Å². The number of nitrogens with one attached hydrogen (secondary N) is 1. The first-order valence-corrected chi connectivity index (χ1v) is 16.5. The van der Waals surface area contributed by atoms with E-state index >= 15 is 0 Å². The minimum atomic E-state index is -1.81. The second-order valence-electron chi connectivity index (χ2n) is 12.9. The Labute approximate surface area is 294 Å². The fourth-order valence-electron chi connectivity index (χ4n) is 8.13. The highest BCUT2D eigenvalue weighted by molar-refractivity contribution is 6.11. The topological polar surface area (TPSA) is 125 Å². The molecular formula is C42H32N2O7. The highest BCUT2D eigenvalue weighted by atomic mass is 16.6. The number of ether oxygens (including phenoxy) is 2. The van der Waals surface area contributed by atoms with E-state index in [1.807, 2.05) is 89.8 Å². The van der Waals surface area contributed by atoms with Crippen LogP contribution in [0.2, 0.25) is 0 Å². The molecule has 3 aliphatic rings. The van der Waals surface area contributed by atoms with Gasteiger partial charge in [0.05, 0.1) is 19.2 Å². The number of morpholine rings is 1. The first-order chi connectivity index (χ1) is 24.8. The zero-order valence-electron chi connectivity index (χ0n) is 27.4. The number of fused-ring (bicyclic) bond motifs is 3. The van der Waals surface area contributed by atoms with Crippen molar-refractivity contribution in [2.45, 2.75) is 29.6 Å². The second-order valence-corrected chi connectivity index (χ2v) is 12.9. The van der Waals surface area contributed by atoms with Gasteiger partial charge in [-0.2, -0.15) is 0 Å². The molecule has 2 saturated heterocycles. The van der Waals surface area contributed by atoms with Crippen LogP contribution in [0.4, 0.5) is 5.69 Å². The molecule has 0 radical (unpaired) electrons. The van der Waals surface area contributed by atoms with E-state index in [1.54, 1.807) is 37.4 Å². The summed E-state index contributed by atoms with van der Waals surface area (Å²) in [6.45, 7) is 0. The zero-order chi connectivity index (χ0) is 35.3. The van der Waals surface area contributed by atoms with Gasteiger partial charge in [-0.1, -0.05) is 84.6 Å². The molecule has 3 aliphatic heterocycles. The second kappa shape index (κ2) is 12.5. The average molecular weight is 677 g/mol. The largest absolute Gasteiger partial charge is 0.508 e. The first kappa shape index (κ1) is 31.9. The van der Waals surface area contributed by atoms with Crippen LogP contribution in [0, 0.1) is 17.8 Å². The molecule has 252 valence electrons. The third-order valence-corrected chi connectivity index (χ3v) is 10.2. The number of phenolic OH excluding ortho intramolecular Hbond substituents is 1. The summed E-state index contributed by atoms with van der Waals surface area (Å²) in [5.74, 6) is 2.87. The Kier molecular flexibility index (Phi) is 7.81. The molecule has 0 aliphatic carbocycles. The molecule has 1 spiro atoms. The summed E-state index contributed by atoms with van der Waals surface area (Å²) in [6, 6.07) is 34.7. The van der Waals surface area contributed by atoms with Crippen LogP contribution in [0.25, 0.3) is 0 Å². The molecule has 6 atom stereocenters. The van der Waals surface area contributed by atoms with Crippen molar-refractivity contribution in [3.63, 3.8) is 0 Å². The minimum absolute atomic E-state index is 0.00400. The molecule has 0 aromatic heterocycles. The molecule has 0 saturated carbocycles. The van der Waals surface area contributed by atoms with Gasteiger partial charge in [0.15, 0.2) is 0 Å². The number of hydrogen-bond acceptors (Lipinski definition) is 7. The summed E-state index contributed by atoms with van der Waals surface area (Å²) < 4.78 is 11.5. The fraction of sp³-hybridized carbons (Fsp3) is 0.167. The molecule has 2 fully saturated rings. The molecule has 5 aromatic carbocycles. The van der Waals surface area contributed by atoms with Gasteiger partial charge in [0.25, 0.3) is 0 Å². The maximum Gasteiger partial charge on any atom is 0.325 e. The van der Waals surface area contributed by atoms with E-state index in [2.05, 4.69) is 17.2 Å². The summed E-state index contributed by atoms with van der Waals surface area (Å²) in [5.41, 5.74) is 2.42. The van der Waals surface area contributed by atoms with Crippen molar-refractivity contribution in [3.05, 3.63) is 161 Å². The highest BCUT2D eigenvalue weighted by Crippen LogP contribution is 2.64. The number of carbonyl (C=O) groups is 3. The lowest BCUT2D eigenvalue weighted by Gasteiger charge is -2.46. The van der Waals surface area contributed by atoms with Gasteiger partial charge < -0.3 is 25.0 Å². The van der Waals surface area contributed by atoms with Crippen molar-refractivity contribution in [1.29, 1.82) is 0 Å². The number of anilines is 1. The Morgan fingerprint density at radius 1 is 0.784 bits per heavy atom. The van der Waals surface area contributed by atoms with Gasteiger partial charge in [0.2, 0.25) is 5.91 Å². The zero-order valence-corrected chi connectivity index (χ0v) is 27.4. The van der Waals surface area contributed by atoms with Crippen LogP contribution in [0.3, 0.4) is 0 Å². The number of carbonyl (C=O) groups excluding carboxylic acids is 2. The van der Waals surface area contributed by atoms with Crippen LogP contribution >= 0.6 is 0 Å². The number of methoxy groups -OCH3 is 1. The number of hydrogen-bond donors (Lipinski definition) is 3. The van der Waals surface area contributed by atoms with Gasteiger partial charge in [-0.3, -0.25) is 19.3 Å². The number of aromatic hydroxyl groups is 1. The van der Waals surface area contributed by atoms with Crippen LogP contribution in [-0.2, 0) is 24.5 Å². The first-order valence-electron chi connectivity index (χ1n) is 16.5. The monoisotopic (exact) mass is 676 g/mol. The Morgan fingerprint density at radius 2 is 1.41 bits per heavy atom. The Morgan fingerprint density at radius 3 is 2.06 bits per heavy atom. The quantitative estimate of drug-likeness (QED) is 0.150. The van der Waals surface area contributed by atoms with Crippen LogP contribution in [0.1, 0.15) is 51.6 Å². The molecule has 1 amide bonds. The summed E-state index contributed by atoms with van der Waals surface area (Å²) in [4.78, 5) is 44.7. The summed E-state index contributed by atoms with van der Waals surface area (Å²) in [6.07, 6.45) is -0.827. The maximum atomic E-state index is 14.8. The van der Waals surface area contributed by atoms with Gasteiger partial charge >= 0.3 is 11.9 Å². The van der Waals surface area contributed by atoms with Gasteiger partial charge in [-0.15, -0.1) is 0 Å². The number of amides is 1. The van der Waals surface area contributed by atoms with E-state index < -0.39 is 53.4 Å². The number of phenols is 1. The van der Waals surface area contributed by atoms with Crippen LogP contribution in [-0.4, -0.2) is 46.1 Å². The molecule has 3 N–H and O–H groups in total. The summed E-state index contributed by atoms with van der Waals surface area (Å²) in [5, 5.41) is 24.5. The van der Waals surface area contributed by atoms with Crippen molar-refractivity contribution in [3.8, 4) is 23.3 Å². The Bertz CT molecular complexity index is 2210. The molecule has 6 unspecified atom stereocenters. The van der Waals surface area contributed by atoms with Gasteiger partial charge in [0, 0.05) is 16.8 Å². The predicted octanol–water partition coefficient (Wildman–Crippen LogP) is 6.16. The van der Waals surface area contributed by atoms with Crippen LogP contribution in [0.15, 0.2) is 127 Å². The van der Waals surface area contributed by atoms with E-state index in [0.29, 0.717) is 28.1 Å². The lowest BCUT2D eigenvalue weighted by Crippen LogP contribution is -2.52. The van der Waals surface area contributed by atoms with E-state index in [0.717, 1.165) is 16.7 Å². The van der Waals surface area contributed by atoms with Gasteiger partial charge in [-0.25, -0.2) is 0 Å².